The van der Waals surface area contributed by atoms with Crippen molar-refractivity contribution >= 4 is 15.8 Å². The molecule has 0 unspecified atom stereocenters. The molecule has 0 atom stereocenters. The summed E-state index contributed by atoms with van der Waals surface area (Å²) in [6, 6.07) is 0. The normalized spacial score (nSPS) is 11.6. The van der Waals surface area contributed by atoms with Crippen LogP contribution in [-0.2, 0) is 27.6 Å². The molecule has 0 aliphatic rings. The second-order valence-electron chi connectivity index (χ2n) is 4.20. The predicted octanol–water partition coefficient (Wildman–Crippen LogP) is 0.120. The summed E-state index contributed by atoms with van der Waals surface area (Å²) in [5, 5.41) is 16.2. The molecule has 1 aromatic rings. The Morgan fingerprint density at radius 2 is 2.17 bits per heavy atom. The van der Waals surface area contributed by atoms with Gasteiger partial charge in [0.25, 0.3) is 0 Å². The van der Waals surface area contributed by atoms with E-state index in [1.807, 2.05) is 0 Å². The molecule has 1 aromatic heterocycles. The molecule has 102 valence electrons. The number of unbranched alkanes of at least 4 members (excludes halogenated alkanes) is 1. The first-order valence-corrected chi connectivity index (χ1v) is 7.71. The summed E-state index contributed by atoms with van der Waals surface area (Å²) in [4.78, 5) is 10.3. The minimum absolute atomic E-state index is 0.0365. The van der Waals surface area contributed by atoms with Crippen molar-refractivity contribution in [2.75, 3.05) is 12.0 Å². The Balaban J connectivity index is 2.32. The van der Waals surface area contributed by atoms with Gasteiger partial charge in [0, 0.05) is 18.9 Å². The van der Waals surface area contributed by atoms with Crippen LogP contribution in [0.5, 0.6) is 0 Å². The van der Waals surface area contributed by atoms with Crippen molar-refractivity contribution in [1.29, 1.82) is 0 Å². The average Bonchev–Trinajstić information content (AvgIpc) is 2.68. The molecule has 0 spiro atoms. The molecular weight excluding hydrogens is 258 g/mol. The third kappa shape index (κ3) is 6.33. The van der Waals surface area contributed by atoms with Gasteiger partial charge in [0.15, 0.2) is 0 Å². The highest BCUT2D eigenvalue weighted by molar-refractivity contribution is 7.90. The van der Waals surface area contributed by atoms with E-state index in [4.69, 9.17) is 5.11 Å². The number of hydrogen-bond acceptors (Lipinski definition) is 5. The molecule has 0 amide bonds. The molecule has 0 radical (unpaired) electrons. The zero-order valence-corrected chi connectivity index (χ0v) is 11.1. The Kier molecular flexibility index (Phi) is 5.26. The number of carbonyl (C=O) groups is 1. The first-order chi connectivity index (χ1) is 8.37. The van der Waals surface area contributed by atoms with Crippen LogP contribution in [0.1, 0.15) is 25.0 Å². The highest BCUT2D eigenvalue weighted by Gasteiger charge is 2.05. The fourth-order valence-electron chi connectivity index (χ4n) is 1.40. The van der Waals surface area contributed by atoms with Crippen LogP contribution in [0.4, 0.5) is 0 Å². The maximum absolute atomic E-state index is 11.0. The summed E-state index contributed by atoms with van der Waals surface area (Å²) in [5.41, 5.74) is 0.758. The lowest BCUT2D eigenvalue weighted by Crippen LogP contribution is -2.11. The van der Waals surface area contributed by atoms with Gasteiger partial charge in [-0.1, -0.05) is 5.21 Å². The zero-order chi connectivity index (χ0) is 13.6. The number of carboxylic acid groups (broad SMARTS) is 1. The number of carboxylic acids is 1. The van der Waals surface area contributed by atoms with E-state index >= 15 is 0 Å². The molecule has 1 rings (SSSR count). The third-order valence-corrected chi connectivity index (χ3v) is 3.27. The lowest BCUT2D eigenvalue weighted by Gasteiger charge is -1.97. The molecule has 7 nitrogen and oxygen atoms in total. The number of hydrogen-bond donors (Lipinski definition) is 1. The lowest BCUT2D eigenvalue weighted by molar-refractivity contribution is -0.137. The number of rotatable bonds is 8. The maximum Gasteiger partial charge on any atom is 0.303 e. The Morgan fingerprint density at radius 3 is 2.78 bits per heavy atom. The lowest BCUT2D eigenvalue weighted by atomic mass is 10.1. The van der Waals surface area contributed by atoms with Crippen LogP contribution in [0.25, 0.3) is 0 Å². The smallest absolute Gasteiger partial charge is 0.303 e. The van der Waals surface area contributed by atoms with Gasteiger partial charge in [0.05, 0.1) is 18.0 Å². The Bertz CT molecular complexity index is 495. The number of nitrogens with zero attached hydrogens (tertiary/aromatic N) is 3. The van der Waals surface area contributed by atoms with Gasteiger partial charge in [-0.25, -0.2) is 8.42 Å². The van der Waals surface area contributed by atoms with Crippen LogP contribution >= 0.6 is 0 Å². The first-order valence-electron chi connectivity index (χ1n) is 5.65. The van der Waals surface area contributed by atoms with E-state index in [0.717, 1.165) is 12.1 Å². The second kappa shape index (κ2) is 6.48. The quantitative estimate of drug-likeness (QED) is 0.676. The SMILES string of the molecule is CS(=O)(=O)CCn1cc(CCCCC(=O)O)nn1. The molecular formula is C10H17N3O4S. The first kappa shape index (κ1) is 14.6. The summed E-state index contributed by atoms with van der Waals surface area (Å²) < 4.78 is 23.4. The van der Waals surface area contributed by atoms with Crippen molar-refractivity contribution in [3.05, 3.63) is 11.9 Å². The molecule has 0 saturated heterocycles. The van der Waals surface area contributed by atoms with Crippen LogP contribution in [0, 0.1) is 0 Å². The molecule has 0 bridgehead atoms. The number of aryl methyl sites for hydroxylation is 2. The minimum atomic E-state index is -3.00. The molecule has 0 aliphatic carbocycles. The number of aliphatic carboxylic acids is 1. The van der Waals surface area contributed by atoms with Crippen molar-refractivity contribution in [1.82, 2.24) is 15.0 Å². The van der Waals surface area contributed by atoms with Crippen LogP contribution in [0.3, 0.4) is 0 Å². The van der Waals surface area contributed by atoms with Gasteiger partial charge in [0.1, 0.15) is 9.84 Å². The van der Waals surface area contributed by atoms with Crippen molar-refractivity contribution in [3.63, 3.8) is 0 Å². The zero-order valence-electron chi connectivity index (χ0n) is 10.2. The van der Waals surface area contributed by atoms with Crippen molar-refractivity contribution in [2.45, 2.75) is 32.2 Å². The predicted molar refractivity (Wildman–Crippen MR) is 64.9 cm³/mol. The highest BCUT2D eigenvalue weighted by Crippen LogP contribution is 2.03. The Morgan fingerprint density at radius 1 is 1.44 bits per heavy atom. The fourth-order valence-corrected chi connectivity index (χ4v) is 1.92. The van der Waals surface area contributed by atoms with Gasteiger partial charge in [0.2, 0.25) is 0 Å². The van der Waals surface area contributed by atoms with Gasteiger partial charge in [-0.15, -0.1) is 5.10 Å². The van der Waals surface area contributed by atoms with Crippen LogP contribution < -0.4 is 0 Å². The van der Waals surface area contributed by atoms with Gasteiger partial charge in [-0.05, 0) is 19.3 Å². The molecule has 0 aromatic carbocycles. The van der Waals surface area contributed by atoms with Crippen LogP contribution in [0.15, 0.2) is 6.20 Å². The van der Waals surface area contributed by atoms with E-state index in [0.29, 0.717) is 19.4 Å². The summed E-state index contributed by atoms with van der Waals surface area (Å²) in [6.07, 6.45) is 5.03. The van der Waals surface area contributed by atoms with Crippen molar-refractivity contribution in [2.24, 2.45) is 0 Å². The average molecular weight is 275 g/mol. The molecule has 0 saturated carbocycles. The summed E-state index contributed by atoms with van der Waals surface area (Å²) >= 11 is 0. The molecule has 1 heterocycles. The van der Waals surface area contributed by atoms with Crippen molar-refractivity contribution in [3.8, 4) is 0 Å². The monoisotopic (exact) mass is 275 g/mol. The van der Waals surface area contributed by atoms with E-state index in [9.17, 15) is 13.2 Å². The highest BCUT2D eigenvalue weighted by atomic mass is 32.2. The molecule has 18 heavy (non-hydrogen) atoms. The summed E-state index contributed by atoms with van der Waals surface area (Å²) in [7, 11) is -3.00. The van der Waals surface area contributed by atoms with Gasteiger partial charge in [-0.3, -0.25) is 9.48 Å². The van der Waals surface area contributed by atoms with Crippen LogP contribution in [-0.4, -0.2) is 46.5 Å². The number of aromatic nitrogens is 3. The molecule has 1 N–H and O–H groups in total. The fraction of sp³-hybridized carbons (Fsp3) is 0.700. The largest absolute Gasteiger partial charge is 0.481 e. The van der Waals surface area contributed by atoms with Crippen molar-refractivity contribution < 1.29 is 18.3 Å². The maximum atomic E-state index is 11.0. The van der Waals surface area contributed by atoms with Gasteiger partial charge in [-0.2, -0.15) is 0 Å². The third-order valence-electron chi connectivity index (χ3n) is 2.35. The van der Waals surface area contributed by atoms with Crippen LogP contribution in [0.2, 0.25) is 0 Å². The Labute approximate surface area is 106 Å². The van der Waals surface area contributed by atoms with E-state index in [1.165, 1.54) is 10.9 Å². The standard InChI is InChI=1S/C10H17N3O4S/c1-18(16,17)7-6-13-8-9(11-12-13)4-2-3-5-10(14)15/h8H,2-7H2,1H3,(H,14,15). The molecule has 8 heteroatoms. The molecule has 0 fully saturated rings. The summed E-state index contributed by atoms with van der Waals surface area (Å²) in [5.74, 6) is -0.763. The Hall–Kier alpha value is -1.44. The summed E-state index contributed by atoms with van der Waals surface area (Å²) in [6.45, 7) is 0.293. The van der Waals surface area contributed by atoms with E-state index in [2.05, 4.69) is 10.3 Å². The van der Waals surface area contributed by atoms with E-state index in [-0.39, 0.29) is 12.2 Å². The molecule has 0 aliphatic heterocycles. The second-order valence-corrected chi connectivity index (χ2v) is 6.46. The van der Waals surface area contributed by atoms with Gasteiger partial charge < -0.3 is 5.11 Å². The minimum Gasteiger partial charge on any atom is -0.481 e. The number of sulfone groups is 1. The van der Waals surface area contributed by atoms with Gasteiger partial charge >= 0.3 is 5.97 Å². The van der Waals surface area contributed by atoms with E-state index < -0.39 is 15.8 Å². The van der Waals surface area contributed by atoms with E-state index in [1.54, 1.807) is 6.20 Å². The topological polar surface area (TPSA) is 102 Å².